The summed E-state index contributed by atoms with van der Waals surface area (Å²) in [7, 11) is 0. The summed E-state index contributed by atoms with van der Waals surface area (Å²) in [6.07, 6.45) is -8.87. The van der Waals surface area contributed by atoms with E-state index in [0.717, 1.165) is 23.5 Å². The molecule has 2 rings (SSSR count). The van der Waals surface area contributed by atoms with Crippen LogP contribution in [-0.4, -0.2) is 17.7 Å². The zero-order valence-corrected chi connectivity index (χ0v) is 10.6. The number of hydrogen-bond acceptors (Lipinski definition) is 4. The Kier molecular flexibility index (Phi) is 3.99. The van der Waals surface area contributed by atoms with Crippen molar-refractivity contribution in [3.8, 4) is 22.1 Å². The molecule has 1 heterocycles. The molecular formula is C11H4F6NO2S. The van der Waals surface area contributed by atoms with Gasteiger partial charge in [-0.1, -0.05) is 0 Å². The van der Waals surface area contributed by atoms with Crippen LogP contribution in [0.3, 0.4) is 0 Å². The quantitative estimate of drug-likeness (QED) is 0.782. The van der Waals surface area contributed by atoms with Crippen LogP contribution in [-0.2, 0) is 0 Å². The zero-order valence-electron chi connectivity index (χ0n) is 9.75. The Morgan fingerprint density at radius 1 is 1.00 bits per heavy atom. The molecule has 0 spiro atoms. The molecule has 0 N–H and O–H groups in total. The van der Waals surface area contributed by atoms with Gasteiger partial charge in [-0.3, -0.25) is 0 Å². The number of thiazole rings is 1. The maximum atomic E-state index is 12.3. The fraction of sp³-hybridized carbons (Fsp3) is 0.182. The lowest BCUT2D eigenvalue weighted by atomic mass is 10.2. The minimum absolute atomic E-state index is 0.118. The Labute approximate surface area is 117 Å². The van der Waals surface area contributed by atoms with Crippen LogP contribution in [0.1, 0.15) is 0 Å². The molecule has 0 fully saturated rings. The molecular weight excluding hydrogens is 324 g/mol. The van der Waals surface area contributed by atoms with E-state index in [1.165, 1.54) is 6.20 Å². The van der Waals surface area contributed by atoms with Crippen LogP contribution in [0.2, 0.25) is 0 Å². The number of aromatic nitrogens is 1. The van der Waals surface area contributed by atoms with E-state index in [9.17, 15) is 26.3 Å². The van der Waals surface area contributed by atoms with Crippen LogP contribution < -0.4 is 9.47 Å². The summed E-state index contributed by atoms with van der Waals surface area (Å²) in [5, 5.41) is 2.67. The Morgan fingerprint density at radius 3 is 2.19 bits per heavy atom. The molecule has 1 aromatic carbocycles. The predicted octanol–water partition coefficient (Wildman–Crippen LogP) is 4.41. The second-order valence-electron chi connectivity index (χ2n) is 3.54. The first-order valence-corrected chi connectivity index (χ1v) is 5.93. The highest BCUT2D eigenvalue weighted by Gasteiger charge is 2.34. The van der Waals surface area contributed by atoms with Crippen molar-refractivity contribution in [2.24, 2.45) is 0 Å². The second-order valence-corrected chi connectivity index (χ2v) is 4.36. The van der Waals surface area contributed by atoms with E-state index in [0.29, 0.717) is 6.07 Å². The fourth-order valence-corrected chi connectivity index (χ4v) is 2.00. The van der Waals surface area contributed by atoms with Crippen molar-refractivity contribution in [2.45, 2.75) is 12.7 Å². The van der Waals surface area contributed by atoms with Crippen LogP contribution >= 0.6 is 11.3 Å². The van der Waals surface area contributed by atoms with Gasteiger partial charge in [0.05, 0.1) is 10.9 Å². The van der Waals surface area contributed by atoms with E-state index in [2.05, 4.69) is 19.8 Å². The smallest absolute Gasteiger partial charge is 0.406 e. The van der Waals surface area contributed by atoms with Gasteiger partial charge in [-0.05, 0) is 12.1 Å². The highest BCUT2D eigenvalue weighted by atomic mass is 32.1. The molecule has 0 amide bonds. The largest absolute Gasteiger partial charge is 0.573 e. The Hall–Kier alpha value is -1.97. The van der Waals surface area contributed by atoms with Crippen molar-refractivity contribution in [1.29, 1.82) is 0 Å². The molecule has 0 atom stereocenters. The third-order valence-corrected chi connectivity index (χ3v) is 2.77. The van der Waals surface area contributed by atoms with Gasteiger partial charge in [0.25, 0.3) is 0 Å². The third kappa shape index (κ3) is 4.52. The van der Waals surface area contributed by atoms with Gasteiger partial charge in [-0.2, -0.15) is 0 Å². The maximum absolute atomic E-state index is 12.3. The molecule has 10 heteroatoms. The van der Waals surface area contributed by atoms with E-state index in [1.54, 1.807) is 0 Å². The van der Waals surface area contributed by atoms with Crippen molar-refractivity contribution in [2.75, 3.05) is 0 Å². The van der Waals surface area contributed by atoms with Crippen molar-refractivity contribution in [3.05, 3.63) is 29.8 Å². The van der Waals surface area contributed by atoms with Crippen LogP contribution in [0.25, 0.3) is 10.6 Å². The normalized spacial score (nSPS) is 12.3. The zero-order chi connectivity index (χ0) is 15.7. The number of hydrogen-bond donors (Lipinski definition) is 0. The van der Waals surface area contributed by atoms with Crippen molar-refractivity contribution < 1.29 is 35.8 Å². The molecule has 3 nitrogen and oxygen atoms in total. The molecule has 0 saturated carbocycles. The summed E-state index contributed by atoms with van der Waals surface area (Å²) in [5.41, 5.74) is -0.118. The number of benzene rings is 1. The Bertz CT molecular complexity index is 608. The van der Waals surface area contributed by atoms with Crippen LogP contribution in [0.5, 0.6) is 11.5 Å². The summed E-state index contributed by atoms with van der Waals surface area (Å²) in [6, 6.07) is 2.36. The first-order valence-electron chi connectivity index (χ1n) is 5.12. The fourth-order valence-electron chi connectivity index (χ4n) is 1.40. The van der Waals surface area contributed by atoms with Gasteiger partial charge in [0.15, 0.2) is 0 Å². The molecule has 113 valence electrons. The highest BCUT2D eigenvalue weighted by molar-refractivity contribution is 7.12. The Balaban J connectivity index is 2.41. The van der Waals surface area contributed by atoms with E-state index in [1.807, 2.05) is 0 Å². The number of ether oxygens (including phenoxy) is 2. The summed E-state index contributed by atoms with van der Waals surface area (Å²) < 4.78 is 80.5. The summed E-state index contributed by atoms with van der Waals surface area (Å²) >= 11 is 0.889. The van der Waals surface area contributed by atoms with Crippen molar-refractivity contribution in [3.63, 3.8) is 0 Å². The molecule has 0 saturated heterocycles. The van der Waals surface area contributed by atoms with E-state index in [-0.39, 0.29) is 10.6 Å². The van der Waals surface area contributed by atoms with Gasteiger partial charge >= 0.3 is 12.7 Å². The average molecular weight is 328 g/mol. The molecule has 0 aliphatic carbocycles. The first-order chi connectivity index (χ1) is 9.64. The lowest BCUT2D eigenvalue weighted by Crippen LogP contribution is -2.19. The number of rotatable bonds is 3. The average Bonchev–Trinajstić information content (AvgIpc) is 2.78. The standard InChI is InChI=1S/C11H4F6NO2S/c12-10(13,14)19-6-1-2-7(9-18-3-4-21-9)8(5-6)20-11(15,16)17/h1-3,5H. The molecule has 0 aliphatic rings. The van der Waals surface area contributed by atoms with Crippen LogP contribution in [0.4, 0.5) is 26.3 Å². The van der Waals surface area contributed by atoms with Crippen LogP contribution in [0.15, 0.2) is 24.4 Å². The third-order valence-electron chi connectivity index (χ3n) is 2.03. The van der Waals surface area contributed by atoms with Gasteiger partial charge in [0, 0.05) is 12.3 Å². The minimum Gasteiger partial charge on any atom is -0.406 e. The summed E-state index contributed by atoms with van der Waals surface area (Å²) in [6.45, 7) is 0. The first kappa shape index (κ1) is 15.4. The van der Waals surface area contributed by atoms with Gasteiger partial charge in [-0.25, -0.2) is 4.98 Å². The SMILES string of the molecule is FC(F)(F)Oc1ccc(-c2nc[c]s2)c(OC(F)(F)F)c1. The van der Waals surface area contributed by atoms with Gasteiger partial charge < -0.3 is 9.47 Å². The van der Waals surface area contributed by atoms with Gasteiger partial charge in [0.1, 0.15) is 16.5 Å². The highest BCUT2D eigenvalue weighted by Crippen LogP contribution is 2.38. The molecule has 0 unspecified atom stereocenters. The molecule has 21 heavy (non-hydrogen) atoms. The van der Waals surface area contributed by atoms with Gasteiger partial charge in [-0.15, -0.1) is 37.7 Å². The lowest BCUT2D eigenvalue weighted by molar-refractivity contribution is -0.276. The molecule has 2 aromatic rings. The predicted molar refractivity (Wildman–Crippen MR) is 59.8 cm³/mol. The van der Waals surface area contributed by atoms with Crippen LogP contribution in [0, 0.1) is 5.38 Å². The molecule has 1 radical (unpaired) electrons. The van der Waals surface area contributed by atoms with E-state index < -0.39 is 24.2 Å². The molecule has 1 aromatic heterocycles. The maximum Gasteiger partial charge on any atom is 0.573 e. The second kappa shape index (κ2) is 5.43. The minimum atomic E-state index is -5.06. The van der Waals surface area contributed by atoms with Gasteiger partial charge in [0.2, 0.25) is 0 Å². The molecule has 0 aliphatic heterocycles. The number of nitrogens with zero attached hydrogens (tertiary/aromatic N) is 1. The topological polar surface area (TPSA) is 31.4 Å². The number of halogens is 6. The van der Waals surface area contributed by atoms with Crippen molar-refractivity contribution in [1.82, 2.24) is 4.98 Å². The van der Waals surface area contributed by atoms with E-state index in [4.69, 9.17) is 0 Å². The van der Waals surface area contributed by atoms with E-state index >= 15 is 0 Å². The lowest BCUT2D eigenvalue weighted by Gasteiger charge is -2.14. The summed E-state index contributed by atoms with van der Waals surface area (Å²) in [4.78, 5) is 3.73. The number of alkyl halides is 6. The Morgan fingerprint density at radius 2 is 1.67 bits per heavy atom. The molecule has 0 bridgehead atoms. The van der Waals surface area contributed by atoms with Crippen molar-refractivity contribution >= 4 is 11.3 Å². The monoisotopic (exact) mass is 328 g/mol. The summed E-state index contributed by atoms with van der Waals surface area (Å²) in [5.74, 6) is -1.67.